The summed E-state index contributed by atoms with van der Waals surface area (Å²) in [6.45, 7) is 4.71. The second kappa shape index (κ2) is 9.11. The van der Waals surface area contributed by atoms with Crippen molar-refractivity contribution in [2.75, 3.05) is 6.61 Å². The first-order valence-corrected chi connectivity index (χ1v) is 8.72. The first kappa shape index (κ1) is 18.8. The molecule has 0 aliphatic carbocycles. The minimum absolute atomic E-state index is 0.00729. The van der Waals surface area contributed by atoms with E-state index in [1.807, 2.05) is 19.9 Å². The predicted molar refractivity (Wildman–Crippen MR) is 95.9 cm³/mol. The van der Waals surface area contributed by atoms with Gasteiger partial charge in [0, 0.05) is 18.4 Å². The quantitative estimate of drug-likeness (QED) is 0.716. The summed E-state index contributed by atoms with van der Waals surface area (Å²) in [5.74, 6) is -0.174. The number of hydrogen-bond donors (Lipinski definition) is 0. The van der Waals surface area contributed by atoms with Gasteiger partial charge in [0.1, 0.15) is 11.6 Å². The van der Waals surface area contributed by atoms with Crippen LogP contribution in [-0.4, -0.2) is 18.2 Å². The molecule has 0 amide bonds. The van der Waals surface area contributed by atoms with Gasteiger partial charge in [-0.15, -0.1) is 0 Å². The first-order valence-electron chi connectivity index (χ1n) is 8.72. The fraction of sp³-hybridized carbons (Fsp3) is 0.333. The summed E-state index contributed by atoms with van der Waals surface area (Å²) in [6, 6.07) is 11.2. The number of ketones is 2. The van der Waals surface area contributed by atoms with Crippen LogP contribution in [0.15, 0.2) is 42.5 Å². The third-order valence-electron chi connectivity index (χ3n) is 3.98. The molecular weight excluding hydrogens is 319 g/mol. The van der Waals surface area contributed by atoms with Gasteiger partial charge >= 0.3 is 0 Å². The van der Waals surface area contributed by atoms with E-state index in [1.54, 1.807) is 18.2 Å². The lowest BCUT2D eigenvalue weighted by molar-refractivity contribution is 0.0915. The third kappa shape index (κ3) is 4.75. The zero-order valence-corrected chi connectivity index (χ0v) is 14.7. The third-order valence-corrected chi connectivity index (χ3v) is 3.98. The Morgan fingerprint density at radius 3 is 2.52 bits per heavy atom. The highest BCUT2D eigenvalue weighted by atomic mass is 19.1. The molecule has 1 aliphatic rings. The number of fused-ring (bicyclic) bond motifs is 1. The predicted octanol–water partition coefficient (Wildman–Crippen LogP) is 5.02. The van der Waals surface area contributed by atoms with Gasteiger partial charge < -0.3 is 4.74 Å². The molecule has 4 heteroatoms. The number of carbonyl (C=O) groups is 2. The highest BCUT2D eigenvalue weighted by Gasteiger charge is 2.16. The zero-order valence-electron chi connectivity index (χ0n) is 14.7. The molecule has 0 unspecified atom stereocenters. The summed E-state index contributed by atoms with van der Waals surface area (Å²) in [5, 5.41) is 0. The van der Waals surface area contributed by atoms with E-state index in [0.717, 1.165) is 24.2 Å². The van der Waals surface area contributed by atoms with Gasteiger partial charge in [-0.1, -0.05) is 26.0 Å². The number of Topliss-reactive ketones (excluding diaryl/α,β-unsaturated/α-hetero) is 2. The summed E-state index contributed by atoms with van der Waals surface area (Å²) in [6.07, 6.45) is 1.92. The van der Waals surface area contributed by atoms with E-state index in [9.17, 15) is 14.0 Å². The molecule has 0 atom stereocenters. The van der Waals surface area contributed by atoms with Crippen molar-refractivity contribution in [1.82, 2.24) is 0 Å². The largest absolute Gasteiger partial charge is 0.493 e. The van der Waals surface area contributed by atoms with E-state index in [-0.39, 0.29) is 30.0 Å². The number of hydrogen-bond acceptors (Lipinski definition) is 3. The Morgan fingerprint density at radius 2 is 1.76 bits per heavy atom. The molecule has 3 nitrogen and oxygen atoms in total. The van der Waals surface area contributed by atoms with Crippen molar-refractivity contribution < 1.29 is 18.7 Å². The van der Waals surface area contributed by atoms with E-state index in [2.05, 4.69) is 0 Å². The number of carbonyl (C=O) groups excluding carboxylic acids is 2. The normalized spacial score (nSPS) is 12.3. The zero-order chi connectivity index (χ0) is 18.2. The van der Waals surface area contributed by atoms with E-state index >= 15 is 0 Å². The molecule has 0 N–H and O–H groups in total. The Balaban J connectivity index is 0.00000109. The van der Waals surface area contributed by atoms with Crippen molar-refractivity contribution >= 4 is 11.6 Å². The van der Waals surface area contributed by atoms with Gasteiger partial charge in [0.2, 0.25) is 0 Å². The lowest BCUT2D eigenvalue weighted by Gasteiger charge is -2.17. The van der Waals surface area contributed by atoms with Crippen LogP contribution in [0.25, 0.3) is 0 Å². The van der Waals surface area contributed by atoms with Gasteiger partial charge in [-0.05, 0) is 48.7 Å². The molecular formula is C21H23FO3. The molecule has 1 heterocycles. The maximum atomic E-state index is 13.6. The molecule has 0 aromatic heterocycles. The average Bonchev–Trinajstić information content (AvgIpc) is 2.67. The van der Waals surface area contributed by atoms with E-state index in [4.69, 9.17) is 4.74 Å². The number of halogens is 1. The topological polar surface area (TPSA) is 43.4 Å². The SMILES string of the molecule is CC.O=C(CCC(=O)c1ccccc1F)c1ccc2c(c1)CCCO2. The Kier molecular flexibility index (Phi) is 6.87. The minimum atomic E-state index is -0.545. The molecule has 0 fully saturated rings. The van der Waals surface area contributed by atoms with Gasteiger partial charge in [-0.25, -0.2) is 4.39 Å². The van der Waals surface area contributed by atoms with Crippen molar-refractivity contribution in [3.8, 4) is 5.75 Å². The second-order valence-electron chi connectivity index (χ2n) is 5.60. The highest BCUT2D eigenvalue weighted by Crippen LogP contribution is 2.26. The van der Waals surface area contributed by atoms with Gasteiger partial charge in [0.05, 0.1) is 12.2 Å². The number of ether oxygens (including phenoxy) is 1. The fourth-order valence-electron chi connectivity index (χ4n) is 2.73. The van der Waals surface area contributed by atoms with Crippen LogP contribution in [0.3, 0.4) is 0 Å². The molecule has 2 aromatic rings. The second-order valence-corrected chi connectivity index (χ2v) is 5.60. The Bertz CT molecular complexity index is 753. The van der Waals surface area contributed by atoms with Crippen molar-refractivity contribution in [3.63, 3.8) is 0 Å². The van der Waals surface area contributed by atoms with Crippen molar-refractivity contribution in [1.29, 1.82) is 0 Å². The summed E-state index contributed by atoms with van der Waals surface area (Å²) >= 11 is 0. The first-order chi connectivity index (χ1) is 12.1. The molecule has 25 heavy (non-hydrogen) atoms. The fourth-order valence-corrected chi connectivity index (χ4v) is 2.73. The summed E-state index contributed by atoms with van der Waals surface area (Å²) in [5.41, 5.74) is 1.65. The summed E-state index contributed by atoms with van der Waals surface area (Å²) < 4.78 is 19.1. The smallest absolute Gasteiger partial charge is 0.166 e. The van der Waals surface area contributed by atoms with E-state index in [0.29, 0.717) is 12.2 Å². The van der Waals surface area contributed by atoms with Crippen LogP contribution in [-0.2, 0) is 6.42 Å². The lowest BCUT2D eigenvalue weighted by Crippen LogP contribution is -2.10. The van der Waals surface area contributed by atoms with Gasteiger partial charge in [-0.3, -0.25) is 9.59 Å². The molecule has 0 saturated carbocycles. The number of aryl methyl sites for hydroxylation is 1. The molecule has 2 aromatic carbocycles. The minimum Gasteiger partial charge on any atom is -0.493 e. The highest BCUT2D eigenvalue weighted by molar-refractivity contribution is 6.02. The molecule has 0 spiro atoms. The summed E-state index contributed by atoms with van der Waals surface area (Å²) in [4.78, 5) is 24.3. The van der Waals surface area contributed by atoms with Crippen molar-refractivity contribution in [2.24, 2.45) is 0 Å². The Morgan fingerprint density at radius 1 is 1.04 bits per heavy atom. The van der Waals surface area contributed by atoms with E-state index in [1.165, 1.54) is 18.2 Å². The number of rotatable bonds is 5. The van der Waals surface area contributed by atoms with Crippen molar-refractivity contribution in [2.45, 2.75) is 39.5 Å². The van der Waals surface area contributed by atoms with Crippen LogP contribution >= 0.6 is 0 Å². The maximum absolute atomic E-state index is 13.6. The molecule has 0 bridgehead atoms. The van der Waals surface area contributed by atoms with Gasteiger partial charge in [0.25, 0.3) is 0 Å². The van der Waals surface area contributed by atoms with Gasteiger partial charge in [0.15, 0.2) is 11.6 Å². The molecule has 132 valence electrons. The van der Waals surface area contributed by atoms with Gasteiger partial charge in [-0.2, -0.15) is 0 Å². The van der Waals surface area contributed by atoms with Crippen LogP contribution in [0.4, 0.5) is 4.39 Å². The maximum Gasteiger partial charge on any atom is 0.166 e. The Hall–Kier alpha value is -2.49. The molecule has 3 rings (SSSR count). The summed E-state index contributed by atoms with van der Waals surface area (Å²) in [7, 11) is 0. The van der Waals surface area contributed by atoms with E-state index < -0.39 is 5.82 Å². The van der Waals surface area contributed by atoms with Crippen LogP contribution in [0.1, 0.15) is 59.4 Å². The standard InChI is InChI=1S/C19H17FO3.C2H6/c20-16-6-2-1-5-15(16)18(22)9-8-17(21)13-7-10-19-14(12-13)4-3-11-23-19;1-2/h1-2,5-7,10,12H,3-4,8-9,11H2;1-2H3. The van der Waals surface area contributed by atoms with Crippen LogP contribution in [0, 0.1) is 5.82 Å². The molecule has 1 aliphatic heterocycles. The van der Waals surface area contributed by atoms with Crippen molar-refractivity contribution in [3.05, 3.63) is 65.0 Å². The Labute approximate surface area is 147 Å². The average molecular weight is 342 g/mol. The van der Waals surface area contributed by atoms with Crippen LogP contribution in [0.5, 0.6) is 5.75 Å². The molecule has 0 radical (unpaired) electrons. The number of benzene rings is 2. The molecule has 0 saturated heterocycles. The van der Waals surface area contributed by atoms with Crippen LogP contribution in [0.2, 0.25) is 0 Å². The lowest BCUT2D eigenvalue weighted by atomic mass is 9.98. The monoisotopic (exact) mass is 342 g/mol. The van der Waals surface area contributed by atoms with Crippen LogP contribution < -0.4 is 4.74 Å².